The quantitative estimate of drug-likeness (QED) is 0.617. The number of carbonyl (C=O) groups is 2. The van der Waals surface area contributed by atoms with Gasteiger partial charge in [0.2, 0.25) is 5.91 Å². The summed E-state index contributed by atoms with van der Waals surface area (Å²) in [6.45, 7) is 0.706. The third-order valence-electron chi connectivity index (χ3n) is 6.44. The molecule has 0 atom stereocenters. The first-order valence-corrected chi connectivity index (χ1v) is 11.5. The second kappa shape index (κ2) is 10.0. The molecule has 0 radical (unpaired) electrons. The van der Waals surface area contributed by atoms with E-state index in [0.29, 0.717) is 18.3 Å². The minimum Gasteiger partial charge on any atom is -0.484 e. The molecule has 0 unspecified atom stereocenters. The lowest BCUT2D eigenvalue weighted by Crippen LogP contribution is -2.50. The summed E-state index contributed by atoms with van der Waals surface area (Å²) < 4.78 is 7.78. The summed E-state index contributed by atoms with van der Waals surface area (Å²) in [6.07, 6.45) is 9.45. The molecule has 1 heterocycles. The van der Waals surface area contributed by atoms with Crippen molar-refractivity contribution in [3.8, 4) is 5.75 Å². The predicted molar refractivity (Wildman–Crippen MR) is 120 cm³/mol. The molecule has 0 aliphatic heterocycles. The lowest BCUT2D eigenvalue weighted by atomic mass is 9.94. The summed E-state index contributed by atoms with van der Waals surface area (Å²) >= 11 is 0. The molecule has 2 aliphatic carbocycles. The molecule has 2 aliphatic rings. The zero-order valence-corrected chi connectivity index (χ0v) is 18.4. The smallest absolute Gasteiger partial charge is 0.261 e. The Balaban J connectivity index is 1.44. The minimum atomic E-state index is -0.0984. The number of aromatic nitrogens is 1. The number of rotatable bonds is 9. The highest BCUT2D eigenvalue weighted by Crippen LogP contribution is 2.29. The molecule has 0 bridgehead atoms. The van der Waals surface area contributed by atoms with Crippen LogP contribution in [0.15, 0.2) is 48.7 Å². The van der Waals surface area contributed by atoms with Crippen molar-refractivity contribution >= 4 is 11.8 Å². The molecule has 2 fully saturated rings. The topological polar surface area (TPSA) is 54.8 Å². The van der Waals surface area contributed by atoms with Crippen LogP contribution in [0.4, 0.5) is 0 Å². The average molecular weight is 424 g/mol. The molecule has 6 nitrogen and oxygen atoms in total. The number of hydrogen-bond acceptors (Lipinski definition) is 3. The zero-order chi connectivity index (χ0) is 21.6. The Morgan fingerprint density at radius 2 is 1.61 bits per heavy atom. The molecule has 0 spiro atoms. The molecule has 1 aromatic carbocycles. The van der Waals surface area contributed by atoms with Crippen LogP contribution >= 0.6 is 0 Å². The number of hydrogen-bond donors (Lipinski definition) is 0. The number of para-hydroxylation sites is 1. The number of amides is 2. The fourth-order valence-corrected chi connectivity index (χ4v) is 4.44. The second-order valence-electron chi connectivity index (χ2n) is 8.78. The maximum Gasteiger partial charge on any atom is 0.261 e. The standard InChI is InChI=1S/C25H33N3O3/c1-26-16-8-11-22(26)17-27(21-14-15-21)24(29)18-28(20-9-4-2-5-10-20)25(30)19-31-23-12-6-3-7-13-23/h3,6-8,11-13,16,20-21H,2,4-5,9-10,14-15,17-19H2,1H3. The third kappa shape index (κ3) is 5.69. The van der Waals surface area contributed by atoms with Crippen LogP contribution < -0.4 is 4.74 Å². The van der Waals surface area contributed by atoms with Crippen molar-refractivity contribution in [3.05, 3.63) is 54.4 Å². The van der Waals surface area contributed by atoms with Crippen molar-refractivity contribution in [1.82, 2.24) is 14.4 Å². The predicted octanol–water partition coefficient (Wildman–Crippen LogP) is 3.76. The molecule has 2 amide bonds. The van der Waals surface area contributed by atoms with Gasteiger partial charge in [-0.1, -0.05) is 37.5 Å². The van der Waals surface area contributed by atoms with Crippen molar-refractivity contribution in [2.75, 3.05) is 13.2 Å². The lowest BCUT2D eigenvalue weighted by molar-refractivity contribution is -0.145. The second-order valence-corrected chi connectivity index (χ2v) is 8.78. The first kappa shape index (κ1) is 21.5. The molecular weight excluding hydrogens is 390 g/mol. The van der Waals surface area contributed by atoms with Crippen LogP contribution in [0, 0.1) is 0 Å². The van der Waals surface area contributed by atoms with Crippen molar-refractivity contribution in [3.63, 3.8) is 0 Å². The van der Waals surface area contributed by atoms with Gasteiger partial charge in [0.15, 0.2) is 6.61 Å². The number of benzene rings is 1. The first-order valence-electron chi connectivity index (χ1n) is 11.5. The van der Waals surface area contributed by atoms with Crippen LogP contribution in [0.25, 0.3) is 0 Å². The van der Waals surface area contributed by atoms with E-state index in [4.69, 9.17) is 4.74 Å². The van der Waals surface area contributed by atoms with Gasteiger partial charge in [-0.2, -0.15) is 0 Å². The summed E-state index contributed by atoms with van der Waals surface area (Å²) in [5, 5.41) is 0. The van der Waals surface area contributed by atoms with Crippen molar-refractivity contribution in [2.45, 2.75) is 63.6 Å². The molecule has 2 saturated carbocycles. The molecule has 1 aromatic heterocycles. The maximum atomic E-state index is 13.4. The Bertz CT molecular complexity index is 869. The molecule has 0 saturated heterocycles. The Hall–Kier alpha value is -2.76. The van der Waals surface area contributed by atoms with E-state index >= 15 is 0 Å². The van der Waals surface area contributed by atoms with E-state index in [2.05, 4.69) is 10.6 Å². The number of aryl methyl sites for hydroxylation is 1. The van der Waals surface area contributed by atoms with E-state index in [1.54, 1.807) is 4.90 Å². The van der Waals surface area contributed by atoms with Crippen LogP contribution in [0.3, 0.4) is 0 Å². The van der Waals surface area contributed by atoms with Crippen LogP contribution in [-0.2, 0) is 23.2 Å². The van der Waals surface area contributed by atoms with E-state index in [-0.39, 0.29) is 31.0 Å². The van der Waals surface area contributed by atoms with Gasteiger partial charge in [0.1, 0.15) is 12.3 Å². The van der Waals surface area contributed by atoms with Gasteiger partial charge in [-0.05, 0) is 49.9 Å². The normalized spacial score (nSPS) is 16.7. The largest absolute Gasteiger partial charge is 0.484 e. The summed E-state index contributed by atoms with van der Waals surface area (Å²) in [7, 11) is 2.00. The lowest BCUT2D eigenvalue weighted by Gasteiger charge is -2.35. The maximum absolute atomic E-state index is 13.4. The minimum absolute atomic E-state index is 0.0327. The van der Waals surface area contributed by atoms with Gasteiger partial charge in [-0.15, -0.1) is 0 Å². The van der Waals surface area contributed by atoms with E-state index in [0.717, 1.165) is 44.2 Å². The van der Waals surface area contributed by atoms with E-state index in [1.807, 2.05) is 54.5 Å². The molecular formula is C25H33N3O3. The van der Waals surface area contributed by atoms with Gasteiger partial charge in [-0.3, -0.25) is 9.59 Å². The van der Waals surface area contributed by atoms with E-state index < -0.39 is 0 Å². The summed E-state index contributed by atoms with van der Waals surface area (Å²) in [6, 6.07) is 13.9. The number of ether oxygens (including phenoxy) is 1. The molecule has 166 valence electrons. The fourth-order valence-electron chi connectivity index (χ4n) is 4.44. The van der Waals surface area contributed by atoms with Gasteiger partial charge < -0.3 is 19.1 Å². The number of carbonyl (C=O) groups excluding carboxylic acids is 2. The molecule has 6 heteroatoms. The van der Waals surface area contributed by atoms with E-state index in [1.165, 1.54) is 6.42 Å². The first-order chi connectivity index (χ1) is 15.1. The van der Waals surface area contributed by atoms with Crippen LogP contribution in [0.2, 0.25) is 0 Å². The Morgan fingerprint density at radius 1 is 0.903 bits per heavy atom. The van der Waals surface area contributed by atoms with Crippen molar-refractivity contribution < 1.29 is 14.3 Å². The average Bonchev–Trinajstić information content (AvgIpc) is 3.56. The molecule has 31 heavy (non-hydrogen) atoms. The highest BCUT2D eigenvalue weighted by atomic mass is 16.5. The van der Waals surface area contributed by atoms with Gasteiger partial charge in [0.25, 0.3) is 5.91 Å². The third-order valence-corrected chi connectivity index (χ3v) is 6.44. The molecule has 4 rings (SSSR count). The number of nitrogens with zero attached hydrogens (tertiary/aromatic N) is 3. The SMILES string of the molecule is Cn1cccc1CN(C(=O)CN(C(=O)COc1ccccc1)C1CCCCC1)C1CC1. The summed E-state index contributed by atoms with van der Waals surface area (Å²) in [5.74, 6) is 0.620. The van der Waals surface area contributed by atoms with Gasteiger partial charge in [0, 0.05) is 31.0 Å². The summed E-state index contributed by atoms with van der Waals surface area (Å²) in [5.41, 5.74) is 1.11. The van der Waals surface area contributed by atoms with Crippen molar-refractivity contribution in [2.24, 2.45) is 7.05 Å². The Kier molecular flexibility index (Phi) is 6.95. The summed E-state index contributed by atoms with van der Waals surface area (Å²) in [4.78, 5) is 30.3. The Morgan fingerprint density at radius 3 is 2.26 bits per heavy atom. The van der Waals surface area contributed by atoms with Gasteiger partial charge in [0.05, 0.1) is 6.54 Å². The van der Waals surface area contributed by atoms with Gasteiger partial charge >= 0.3 is 0 Å². The molecule has 0 N–H and O–H groups in total. The monoisotopic (exact) mass is 423 g/mol. The van der Waals surface area contributed by atoms with Crippen molar-refractivity contribution in [1.29, 1.82) is 0 Å². The van der Waals surface area contributed by atoms with Crippen LogP contribution in [0.5, 0.6) is 5.75 Å². The highest BCUT2D eigenvalue weighted by Gasteiger charge is 2.35. The zero-order valence-electron chi connectivity index (χ0n) is 18.4. The van der Waals surface area contributed by atoms with Gasteiger partial charge in [-0.25, -0.2) is 0 Å². The van der Waals surface area contributed by atoms with Crippen LogP contribution in [0.1, 0.15) is 50.6 Å². The highest BCUT2D eigenvalue weighted by molar-refractivity contribution is 5.86. The van der Waals surface area contributed by atoms with E-state index in [9.17, 15) is 9.59 Å². The van der Waals surface area contributed by atoms with Crippen LogP contribution in [-0.4, -0.2) is 51.4 Å². The fraction of sp³-hybridized carbons (Fsp3) is 0.520. The molecule has 2 aromatic rings. The Labute approximate surface area is 184 Å².